The SMILES string of the molecule is C#CCOc1c(F)cc(C(=O)NC(c2ccccc2)C2CCCCC2)cc1F. The van der Waals surface area contributed by atoms with E-state index in [2.05, 4.69) is 11.2 Å². The van der Waals surface area contributed by atoms with E-state index >= 15 is 0 Å². The van der Waals surface area contributed by atoms with Crippen LogP contribution < -0.4 is 10.1 Å². The van der Waals surface area contributed by atoms with E-state index in [1.807, 2.05) is 30.3 Å². The lowest BCUT2D eigenvalue weighted by Crippen LogP contribution is -2.34. The molecular weight excluding hydrogens is 360 g/mol. The summed E-state index contributed by atoms with van der Waals surface area (Å²) in [6.45, 7) is -0.253. The summed E-state index contributed by atoms with van der Waals surface area (Å²) >= 11 is 0. The molecule has 146 valence electrons. The fourth-order valence-electron chi connectivity index (χ4n) is 3.77. The monoisotopic (exact) mass is 383 g/mol. The molecule has 28 heavy (non-hydrogen) atoms. The van der Waals surface area contributed by atoms with Gasteiger partial charge in [0, 0.05) is 5.56 Å². The van der Waals surface area contributed by atoms with Gasteiger partial charge in [0.15, 0.2) is 17.4 Å². The molecule has 1 aliphatic carbocycles. The third-order valence-electron chi connectivity index (χ3n) is 5.13. The van der Waals surface area contributed by atoms with Crippen LogP contribution in [0.4, 0.5) is 8.78 Å². The molecule has 1 saturated carbocycles. The lowest BCUT2D eigenvalue weighted by molar-refractivity contribution is 0.0911. The number of hydrogen-bond donors (Lipinski definition) is 1. The molecule has 0 aromatic heterocycles. The van der Waals surface area contributed by atoms with Gasteiger partial charge >= 0.3 is 0 Å². The third-order valence-corrected chi connectivity index (χ3v) is 5.13. The van der Waals surface area contributed by atoms with Crippen LogP contribution >= 0.6 is 0 Å². The van der Waals surface area contributed by atoms with Crippen molar-refractivity contribution in [1.29, 1.82) is 0 Å². The number of amides is 1. The summed E-state index contributed by atoms with van der Waals surface area (Å²) in [6.07, 6.45) is 10.5. The van der Waals surface area contributed by atoms with Gasteiger partial charge in [-0.2, -0.15) is 0 Å². The van der Waals surface area contributed by atoms with Gasteiger partial charge in [0.05, 0.1) is 6.04 Å². The van der Waals surface area contributed by atoms with Crippen LogP contribution in [0.15, 0.2) is 42.5 Å². The van der Waals surface area contributed by atoms with Crippen molar-refractivity contribution >= 4 is 5.91 Å². The number of rotatable bonds is 6. The number of carbonyl (C=O) groups excluding carboxylic acids is 1. The summed E-state index contributed by atoms with van der Waals surface area (Å²) in [7, 11) is 0. The first-order valence-corrected chi connectivity index (χ1v) is 9.51. The zero-order chi connectivity index (χ0) is 19.9. The van der Waals surface area contributed by atoms with Gasteiger partial charge in [0.1, 0.15) is 6.61 Å². The second-order valence-corrected chi connectivity index (χ2v) is 7.02. The average molecular weight is 383 g/mol. The van der Waals surface area contributed by atoms with Crippen LogP contribution in [0.1, 0.15) is 54.1 Å². The molecule has 1 unspecified atom stereocenters. The van der Waals surface area contributed by atoms with Crippen molar-refractivity contribution < 1.29 is 18.3 Å². The Morgan fingerprint density at radius 1 is 1.14 bits per heavy atom. The van der Waals surface area contributed by atoms with Gasteiger partial charge in [0.25, 0.3) is 5.91 Å². The van der Waals surface area contributed by atoms with Gasteiger partial charge in [-0.25, -0.2) is 8.78 Å². The van der Waals surface area contributed by atoms with Crippen LogP contribution in [-0.2, 0) is 0 Å². The van der Waals surface area contributed by atoms with Crippen LogP contribution in [0.3, 0.4) is 0 Å². The fourth-order valence-corrected chi connectivity index (χ4v) is 3.77. The van der Waals surface area contributed by atoms with Crippen molar-refractivity contribution in [2.75, 3.05) is 6.61 Å². The molecule has 0 bridgehead atoms. The quantitative estimate of drug-likeness (QED) is 0.711. The Morgan fingerprint density at radius 2 is 1.79 bits per heavy atom. The van der Waals surface area contributed by atoms with E-state index in [4.69, 9.17) is 11.2 Å². The number of halogens is 2. The number of benzene rings is 2. The van der Waals surface area contributed by atoms with Crippen molar-refractivity contribution in [2.45, 2.75) is 38.1 Å². The average Bonchev–Trinajstić information content (AvgIpc) is 2.72. The van der Waals surface area contributed by atoms with Crippen molar-refractivity contribution in [3.63, 3.8) is 0 Å². The van der Waals surface area contributed by atoms with Gasteiger partial charge in [-0.3, -0.25) is 4.79 Å². The summed E-state index contributed by atoms with van der Waals surface area (Å²) in [5.41, 5.74) is 0.914. The maximum Gasteiger partial charge on any atom is 0.251 e. The predicted octanol–water partition coefficient (Wildman–Crippen LogP) is 5.03. The highest BCUT2D eigenvalue weighted by atomic mass is 19.1. The molecule has 1 atom stereocenters. The Labute approximate surface area is 164 Å². The Bertz CT molecular complexity index is 832. The Balaban J connectivity index is 1.83. The molecule has 0 heterocycles. The molecule has 2 aromatic rings. The molecule has 3 rings (SSSR count). The van der Waals surface area contributed by atoms with E-state index in [0.29, 0.717) is 5.92 Å². The van der Waals surface area contributed by atoms with Crippen LogP contribution in [0, 0.1) is 29.9 Å². The molecule has 3 nitrogen and oxygen atoms in total. The van der Waals surface area contributed by atoms with E-state index in [0.717, 1.165) is 43.4 Å². The van der Waals surface area contributed by atoms with Crippen LogP contribution in [0.5, 0.6) is 5.75 Å². The first-order chi connectivity index (χ1) is 13.6. The van der Waals surface area contributed by atoms with Crippen LogP contribution in [-0.4, -0.2) is 12.5 Å². The Morgan fingerprint density at radius 3 is 2.39 bits per heavy atom. The Kier molecular flexibility index (Phi) is 6.65. The molecule has 2 aromatic carbocycles. The molecule has 1 aliphatic rings. The lowest BCUT2D eigenvalue weighted by atomic mass is 9.81. The molecule has 0 radical (unpaired) electrons. The highest BCUT2D eigenvalue weighted by Crippen LogP contribution is 2.35. The smallest absolute Gasteiger partial charge is 0.251 e. The maximum absolute atomic E-state index is 14.2. The number of carbonyl (C=O) groups is 1. The molecule has 0 aliphatic heterocycles. The minimum Gasteiger partial charge on any atom is -0.475 e. The Hall–Kier alpha value is -2.87. The fraction of sp³-hybridized carbons (Fsp3) is 0.348. The van der Waals surface area contributed by atoms with Gasteiger partial charge in [-0.1, -0.05) is 55.5 Å². The minimum absolute atomic E-state index is 0.0835. The molecule has 1 fully saturated rings. The summed E-state index contributed by atoms with van der Waals surface area (Å²) in [6, 6.07) is 11.5. The number of nitrogens with one attached hydrogen (secondary N) is 1. The van der Waals surface area contributed by atoms with Crippen LogP contribution in [0.2, 0.25) is 0 Å². The van der Waals surface area contributed by atoms with Gasteiger partial charge in [-0.05, 0) is 36.5 Å². The summed E-state index contributed by atoms with van der Waals surface area (Å²) in [5, 5.41) is 2.99. The summed E-state index contributed by atoms with van der Waals surface area (Å²) in [5.74, 6) is -0.528. The summed E-state index contributed by atoms with van der Waals surface area (Å²) < 4.78 is 33.3. The molecular formula is C23H23F2NO2. The molecule has 1 N–H and O–H groups in total. The van der Waals surface area contributed by atoms with Crippen LogP contribution in [0.25, 0.3) is 0 Å². The lowest BCUT2D eigenvalue weighted by Gasteiger charge is -2.31. The molecule has 1 amide bonds. The van der Waals surface area contributed by atoms with Crippen molar-refractivity contribution in [1.82, 2.24) is 5.32 Å². The summed E-state index contributed by atoms with van der Waals surface area (Å²) in [4.78, 5) is 12.8. The first-order valence-electron chi connectivity index (χ1n) is 9.51. The van der Waals surface area contributed by atoms with E-state index < -0.39 is 23.3 Å². The third kappa shape index (κ3) is 4.69. The second-order valence-electron chi connectivity index (χ2n) is 7.02. The van der Waals surface area contributed by atoms with Gasteiger partial charge in [-0.15, -0.1) is 6.42 Å². The topological polar surface area (TPSA) is 38.3 Å². The second kappa shape index (κ2) is 9.36. The minimum atomic E-state index is -0.950. The van der Waals surface area contributed by atoms with E-state index in [9.17, 15) is 13.6 Å². The van der Waals surface area contributed by atoms with Gasteiger partial charge < -0.3 is 10.1 Å². The van der Waals surface area contributed by atoms with E-state index in [1.165, 1.54) is 6.42 Å². The molecule has 5 heteroatoms. The highest BCUT2D eigenvalue weighted by Gasteiger charge is 2.27. The standard InChI is InChI=1S/C23H23F2NO2/c1-2-13-28-22-19(24)14-18(15-20(22)25)23(27)26-21(16-9-5-3-6-10-16)17-11-7-4-8-12-17/h1,3,5-6,9-10,14-15,17,21H,4,7-8,11-13H2,(H,26,27). The first kappa shape index (κ1) is 19.9. The maximum atomic E-state index is 14.2. The van der Waals surface area contributed by atoms with Gasteiger partial charge in [0.2, 0.25) is 0 Å². The highest BCUT2D eigenvalue weighted by molar-refractivity contribution is 5.94. The van der Waals surface area contributed by atoms with Crippen molar-refractivity contribution in [2.24, 2.45) is 5.92 Å². The normalized spacial score (nSPS) is 15.5. The zero-order valence-corrected chi connectivity index (χ0v) is 15.6. The van der Waals surface area contributed by atoms with E-state index in [1.54, 1.807) is 0 Å². The van der Waals surface area contributed by atoms with Crippen molar-refractivity contribution in [3.8, 4) is 18.1 Å². The molecule has 0 saturated heterocycles. The predicted molar refractivity (Wildman–Crippen MR) is 104 cm³/mol. The molecule has 0 spiro atoms. The van der Waals surface area contributed by atoms with E-state index in [-0.39, 0.29) is 18.2 Å². The zero-order valence-electron chi connectivity index (χ0n) is 15.6. The van der Waals surface area contributed by atoms with Crippen molar-refractivity contribution in [3.05, 3.63) is 65.2 Å². The largest absolute Gasteiger partial charge is 0.475 e. The number of terminal acetylenes is 1. The number of hydrogen-bond acceptors (Lipinski definition) is 2. The number of ether oxygens (including phenoxy) is 1.